The zero-order chi connectivity index (χ0) is 26.3. The van der Waals surface area contributed by atoms with Crippen LogP contribution in [0.4, 0.5) is 5.69 Å². The fraction of sp³-hybridized carbons (Fsp3) is 0.276. The lowest BCUT2D eigenvalue weighted by Gasteiger charge is -2.23. The van der Waals surface area contributed by atoms with Gasteiger partial charge in [0.2, 0.25) is 0 Å². The quantitative estimate of drug-likeness (QED) is 0.307. The maximum atomic E-state index is 13.6. The third kappa shape index (κ3) is 6.55. The molecule has 0 aromatic heterocycles. The summed E-state index contributed by atoms with van der Waals surface area (Å²) in [7, 11) is -2.59. The fourth-order valence-electron chi connectivity index (χ4n) is 3.55. The number of methoxy groups -OCH3 is 1. The number of anilines is 1. The Balaban J connectivity index is 1.95. The average molecular weight is 508 g/mol. The zero-order valence-electron chi connectivity index (χ0n) is 21.4. The number of carbonyl (C=O) groups excluding carboxylic acids is 1. The summed E-state index contributed by atoms with van der Waals surface area (Å²) >= 11 is 0. The molecule has 0 aliphatic carbocycles. The van der Waals surface area contributed by atoms with E-state index in [0.29, 0.717) is 40.8 Å². The van der Waals surface area contributed by atoms with Crippen molar-refractivity contribution in [2.45, 2.75) is 39.0 Å². The molecule has 190 valence electrons. The van der Waals surface area contributed by atoms with Crippen molar-refractivity contribution in [3.63, 3.8) is 0 Å². The Morgan fingerprint density at radius 3 is 2.36 bits per heavy atom. The molecule has 0 saturated carbocycles. The van der Waals surface area contributed by atoms with Gasteiger partial charge < -0.3 is 9.47 Å². The molecule has 0 spiro atoms. The largest absolute Gasteiger partial charge is 0.493 e. The smallest absolute Gasteiger partial charge is 0.271 e. The maximum Gasteiger partial charge on any atom is 0.271 e. The predicted molar refractivity (Wildman–Crippen MR) is 144 cm³/mol. The Morgan fingerprint density at radius 1 is 0.972 bits per heavy atom. The van der Waals surface area contributed by atoms with Crippen molar-refractivity contribution in [1.29, 1.82) is 0 Å². The Labute approximate surface area is 214 Å². The van der Waals surface area contributed by atoms with Crippen LogP contribution in [-0.2, 0) is 14.8 Å². The minimum Gasteiger partial charge on any atom is -0.493 e. The Morgan fingerprint density at radius 2 is 1.69 bits per heavy atom. The number of nitrogens with zero attached hydrogens (tertiary/aromatic N) is 1. The van der Waals surface area contributed by atoms with Crippen LogP contribution in [0.15, 0.2) is 77.7 Å². The summed E-state index contributed by atoms with van der Waals surface area (Å²) < 4.78 is 39.3. The Kier molecular flexibility index (Phi) is 8.93. The molecule has 3 aromatic carbocycles. The first kappa shape index (κ1) is 27.0. The first-order valence-electron chi connectivity index (χ1n) is 11.8. The van der Waals surface area contributed by atoms with Crippen LogP contribution >= 0.6 is 0 Å². The molecular weight excluding hydrogens is 474 g/mol. The van der Waals surface area contributed by atoms with Crippen molar-refractivity contribution in [2.24, 2.45) is 5.92 Å². The lowest BCUT2D eigenvalue weighted by atomic mass is 10.1. The second-order valence-electron chi connectivity index (χ2n) is 8.99. The second-order valence-corrected chi connectivity index (χ2v) is 10.8. The molecule has 0 aliphatic heterocycles. The average Bonchev–Trinajstić information content (AvgIpc) is 2.85. The molecule has 7 heteroatoms. The van der Waals surface area contributed by atoms with E-state index in [0.717, 1.165) is 16.3 Å². The molecule has 0 heterocycles. The van der Waals surface area contributed by atoms with Crippen LogP contribution in [0.2, 0.25) is 0 Å². The highest BCUT2D eigenvalue weighted by atomic mass is 32.2. The van der Waals surface area contributed by atoms with E-state index in [-0.39, 0.29) is 4.90 Å². The van der Waals surface area contributed by atoms with Crippen LogP contribution in [0.5, 0.6) is 11.5 Å². The maximum absolute atomic E-state index is 13.6. The van der Waals surface area contributed by atoms with Crippen molar-refractivity contribution in [2.75, 3.05) is 18.0 Å². The van der Waals surface area contributed by atoms with Crippen LogP contribution in [0, 0.1) is 19.8 Å². The van der Waals surface area contributed by atoms with E-state index in [9.17, 15) is 13.2 Å². The highest BCUT2D eigenvalue weighted by Crippen LogP contribution is 2.30. The minimum absolute atomic E-state index is 0.0391. The van der Waals surface area contributed by atoms with Crippen molar-refractivity contribution < 1.29 is 22.7 Å². The molecule has 0 fully saturated rings. The van der Waals surface area contributed by atoms with Crippen molar-refractivity contribution >= 4 is 27.7 Å². The first-order valence-corrected chi connectivity index (χ1v) is 13.3. The molecule has 3 aromatic rings. The number of ether oxygens (including phenoxy) is 2. The van der Waals surface area contributed by atoms with Gasteiger partial charge in [-0.05, 0) is 79.3 Å². The van der Waals surface area contributed by atoms with Crippen LogP contribution in [0.1, 0.15) is 37.0 Å². The number of amides is 1. The van der Waals surface area contributed by atoms with Gasteiger partial charge in [0.15, 0.2) is 11.5 Å². The predicted octanol–water partition coefficient (Wildman–Crippen LogP) is 6.17. The molecule has 0 unspecified atom stereocenters. The zero-order valence-corrected chi connectivity index (χ0v) is 22.2. The Hall–Kier alpha value is -3.58. The minimum atomic E-state index is -4.15. The van der Waals surface area contributed by atoms with E-state index in [1.165, 1.54) is 18.2 Å². The van der Waals surface area contributed by atoms with E-state index < -0.39 is 15.9 Å². The summed E-state index contributed by atoms with van der Waals surface area (Å²) in [6.07, 6.45) is 3.75. The lowest BCUT2D eigenvalue weighted by molar-refractivity contribution is -0.113. The Bertz CT molecular complexity index is 1330. The molecule has 1 amide bonds. The normalized spacial score (nSPS) is 11.6. The van der Waals surface area contributed by atoms with Gasteiger partial charge in [-0.1, -0.05) is 50.2 Å². The summed E-state index contributed by atoms with van der Waals surface area (Å²) in [4.78, 5) is 13.5. The van der Waals surface area contributed by atoms with Crippen molar-refractivity contribution in [1.82, 2.24) is 0 Å². The summed E-state index contributed by atoms with van der Waals surface area (Å²) in [5.74, 6) is 1.00. The number of hydrogen-bond donors (Lipinski definition) is 0. The van der Waals surface area contributed by atoms with Gasteiger partial charge >= 0.3 is 0 Å². The summed E-state index contributed by atoms with van der Waals surface area (Å²) in [6, 6.07) is 18.7. The number of carbonyl (C=O) groups is 1. The highest BCUT2D eigenvalue weighted by molar-refractivity contribution is 7.93. The van der Waals surface area contributed by atoms with Gasteiger partial charge in [-0.2, -0.15) is 4.31 Å². The molecule has 36 heavy (non-hydrogen) atoms. The van der Waals surface area contributed by atoms with Crippen LogP contribution in [0.25, 0.3) is 6.08 Å². The van der Waals surface area contributed by atoms with Gasteiger partial charge in [-0.3, -0.25) is 4.79 Å². The van der Waals surface area contributed by atoms with Crippen LogP contribution < -0.4 is 13.8 Å². The van der Waals surface area contributed by atoms with Crippen LogP contribution in [-0.4, -0.2) is 28.0 Å². The summed E-state index contributed by atoms with van der Waals surface area (Å²) in [5, 5.41) is 0. The molecule has 0 radical (unpaired) electrons. The van der Waals surface area contributed by atoms with E-state index in [4.69, 9.17) is 9.47 Å². The van der Waals surface area contributed by atoms with E-state index in [1.807, 2.05) is 13.0 Å². The van der Waals surface area contributed by atoms with Gasteiger partial charge in [-0.25, -0.2) is 8.42 Å². The summed E-state index contributed by atoms with van der Waals surface area (Å²) in [6.45, 7) is 8.47. The standard InChI is InChI=1S/C29H33NO5S/c1-21(2)17-18-35-27-15-13-24(20-28(27)34-5)14-16-29(31)30(26-19-22(3)11-12-23(26)4)36(32,33)25-9-7-6-8-10-25/h6-16,19-21H,17-18H2,1-5H3/b16-14+. The molecule has 6 nitrogen and oxygen atoms in total. The van der Waals surface area contributed by atoms with Gasteiger partial charge in [0.05, 0.1) is 24.3 Å². The highest BCUT2D eigenvalue weighted by Gasteiger charge is 2.30. The molecule has 0 saturated heterocycles. The molecule has 0 N–H and O–H groups in total. The monoisotopic (exact) mass is 507 g/mol. The van der Waals surface area contributed by atoms with E-state index in [2.05, 4.69) is 13.8 Å². The molecule has 0 aliphatic rings. The molecule has 3 rings (SSSR count). The first-order chi connectivity index (χ1) is 17.1. The lowest BCUT2D eigenvalue weighted by Crippen LogP contribution is -2.36. The topological polar surface area (TPSA) is 72.9 Å². The second kappa shape index (κ2) is 11.9. The number of benzene rings is 3. The molecule has 0 atom stereocenters. The molecular formula is C29H33NO5S. The van der Waals surface area contributed by atoms with Crippen molar-refractivity contribution in [3.05, 3.63) is 89.5 Å². The fourth-order valence-corrected chi connectivity index (χ4v) is 5.01. The summed E-state index contributed by atoms with van der Waals surface area (Å²) in [5.41, 5.74) is 2.51. The number of aryl methyl sites for hydroxylation is 2. The van der Waals surface area contributed by atoms with Gasteiger partial charge in [0, 0.05) is 6.08 Å². The third-order valence-electron chi connectivity index (χ3n) is 5.62. The van der Waals surface area contributed by atoms with Gasteiger partial charge in [0.25, 0.3) is 15.9 Å². The SMILES string of the molecule is COc1cc(/C=C/C(=O)N(c2cc(C)ccc2C)S(=O)(=O)c2ccccc2)ccc1OCCC(C)C. The van der Waals surface area contributed by atoms with Crippen molar-refractivity contribution in [3.8, 4) is 11.5 Å². The number of rotatable bonds is 10. The number of sulfonamides is 1. The number of hydrogen-bond acceptors (Lipinski definition) is 5. The van der Waals surface area contributed by atoms with E-state index >= 15 is 0 Å². The van der Waals surface area contributed by atoms with Gasteiger partial charge in [-0.15, -0.1) is 0 Å². The van der Waals surface area contributed by atoms with Crippen LogP contribution in [0.3, 0.4) is 0 Å². The molecule has 0 bridgehead atoms. The van der Waals surface area contributed by atoms with Gasteiger partial charge in [0.1, 0.15) is 0 Å². The van der Waals surface area contributed by atoms with E-state index in [1.54, 1.807) is 68.6 Å². The third-order valence-corrected chi connectivity index (χ3v) is 7.35.